The Bertz CT molecular complexity index is 468. The van der Waals surface area contributed by atoms with E-state index in [1.807, 2.05) is 0 Å². The Morgan fingerprint density at radius 1 is 1.37 bits per heavy atom. The van der Waals surface area contributed by atoms with Gasteiger partial charge in [0, 0.05) is 12.5 Å². The monoisotopic (exact) mass is 263 g/mol. The number of carbonyl (C=O) groups is 2. The molecule has 0 aliphatic carbocycles. The molecule has 0 aliphatic heterocycles. The maximum Gasteiger partial charge on any atom is 0.336 e. The van der Waals surface area contributed by atoms with Crippen LogP contribution in [0, 0.1) is 0 Å². The topological polar surface area (TPSA) is 83.0 Å². The number of allylic oxidation sites excluding steroid dienone is 1. The molecule has 19 heavy (non-hydrogen) atoms. The van der Waals surface area contributed by atoms with Gasteiger partial charge in [-0.1, -0.05) is 30.3 Å². The van der Waals surface area contributed by atoms with Gasteiger partial charge in [0.15, 0.2) is 6.04 Å². The van der Waals surface area contributed by atoms with Crippen LogP contribution >= 0.6 is 0 Å². The quantitative estimate of drug-likeness (QED) is 0.554. The van der Waals surface area contributed by atoms with Crippen LogP contribution in [0.2, 0.25) is 0 Å². The van der Waals surface area contributed by atoms with Crippen molar-refractivity contribution in [3.8, 4) is 0 Å². The fourth-order valence-corrected chi connectivity index (χ4v) is 1.64. The first-order valence-corrected chi connectivity index (χ1v) is 6.00. The summed E-state index contributed by atoms with van der Waals surface area (Å²) >= 11 is 0. The molecule has 0 saturated carbocycles. The highest BCUT2D eigenvalue weighted by Crippen LogP contribution is 2.07. The summed E-state index contributed by atoms with van der Waals surface area (Å²) in [6.45, 7) is 3.64. The Morgan fingerprint density at radius 3 is 2.53 bits per heavy atom. The number of rotatable bonds is 6. The largest absolute Gasteiger partial charge is 0.544 e. The van der Waals surface area contributed by atoms with Crippen molar-refractivity contribution < 1.29 is 24.7 Å². The normalized spacial score (nSPS) is 12.8. The predicted molar refractivity (Wildman–Crippen MR) is 66.5 cm³/mol. The second-order valence-corrected chi connectivity index (χ2v) is 4.01. The fraction of sp³-hybridized carbons (Fsp3) is 0.286. The number of nitrogens with two attached hydrogens (primary N) is 1. The highest BCUT2D eigenvalue weighted by Gasteiger charge is 2.17. The summed E-state index contributed by atoms with van der Waals surface area (Å²) in [4.78, 5) is 22.4. The third-order valence-corrected chi connectivity index (χ3v) is 2.47. The number of benzene rings is 1. The zero-order chi connectivity index (χ0) is 14.3. The Morgan fingerprint density at radius 2 is 2.00 bits per heavy atom. The molecule has 0 aromatic heterocycles. The number of carbonyl (C=O) groups excluding carboxylic acids is 2. The highest BCUT2D eigenvalue weighted by atomic mass is 16.5. The number of carboxylic acids is 1. The number of esters is 1. The van der Waals surface area contributed by atoms with Gasteiger partial charge in [-0.25, -0.2) is 4.79 Å². The van der Waals surface area contributed by atoms with Crippen molar-refractivity contribution >= 4 is 11.9 Å². The van der Waals surface area contributed by atoms with E-state index in [2.05, 4.69) is 0 Å². The van der Waals surface area contributed by atoms with Gasteiger partial charge in [-0.05, 0) is 6.92 Å². The number of carboxylic acid groups (broad SMARTS) is 1. The molecule has 0 radical (unpaired) electrons. The summed E-state index contributed by atoms with van der Waals surface area (Å²) in [5, 5.41) is 12.6. The van der Waals surface area contributed by atoms with Crippen molar-refractivity contribution in [3.63, 3.8) is 0 Å². The SMILES string of the molecule is CCOC(=O)/C=C(\C)[NH2+][C@H](C(=O)[O-])c1ccccc1. The molecule has 1 aromatic rings. The summed E-state index contributed by atoms with van der Waals surface area (Å²) in [5.41, 5.74) is 1.13. The zero-order valence-electron chi connectivity index (χ0n) is 11.0. The van der Waals surface area contributed by atoms with Crippen molar-refractivity contribution in [3.05, 3.63) is 47.7 Å². The maximum atomic E-state index is 11.3. The van der Waals surface area contributed by atoms with Crippen LogP contribution in [0.3, 0.4) is 0 Å². The Hall–Kier alpha value is -2.14. The Balaban J connectivity index is 2.81. The van der Waals surface area contributed by atoms with E-state index in [1.165, 1.54) is 11.4 Å². The van der Waals surface area contributed by atoms with Crippen molar-refractivity contribution in [2.24, 2.45) is 0 Å². The number of hydrogen-bond acceptors (Lipinski definition) is 4. The molecule has 5 heteroatoms. The molecule has 0 bridgehead atoms. The van der Waals surface area contributed by atoms with Crippen molar-refractivity contribution in [1.29, 1.82) is 0 Å². The molecule has 1 atom stereocenters. The first kappa shape index (κ1) is 14.9. The van der Waals surface area contributed by atoms with E-state index in [1.54, 1.807) is 44.2 Å². The lowest BCUT2D eigenvalue weighted by Crippen LogP contribution is -2.85. The van der Waals surface area contributed by atoms with Gasteiger partial charge in [0.2, 0.25) is 0 Å². The van der Waals surface area contributed by atoms with Crippen LogP contribution < -0.4 is 10.4 Å². The third-order valence-electron chi connectivity index (χ3n) is 2.47. The first-order valence-electron chi connectivity index (χ1n) is 6.00. The standard InChI is InChI=1S/C14H17NO4/c1-3-19-12(16)9-10(2)15-13(14(17)18)11-7-5-4-6-8-11/h4-9,13,15H,3H2,1-2H3,(H,17,18)/b10-9+/t13-/m0/s1. The Kier molecular flexibility index (Phi) is 5.75. The summed E-state index contributed by atoms with van der Waals surface area (Å²) in [6, 6.07) is 7.83. The van der Waals surface area contributed by atoms with Gasteiger partial charge < -0.3 is 20.0 Å². The summed E-state index contributed by atoms with van der Waals surface area (Å²) in [7, 11) is 0. The molecule has 0 aliphatic rings. The molecule has 1 aromatic carbocycles. The van der Waals surface area contributed by atoms with Crippen LogP contribution in [-0.2, 0) is 14.3 Å². The minimum absolute atomic E-state index is 0.283. The summed E-state index contributed by atoms with van der Waals surface area (Å²) in [5.74, 6) is -1.69. The minimum Gasteiger partial charge on any atom is -0.544 e. The fourth-order valence-electron chi connectivity index (χ4n) is 1.64. The molecule has 2 N–H and O–H groups in total. The zero-order valence-corrected chi connectivity index (χ0v) is 11.0. The van der Waals surface area contributed by atoms with E-state index >= 15 is 0 Å². The van der Waals surface area contributed by atoms with Crippen LogP contribution in [-0.4, -0.2) is 18.5 Å². The second kappa shape index (κ2) is 7.33. The molecule has 0 spiro atoms. The molecule has 102 valence electrons. The van der Waals surface area contributed by atoms with Crippen LogP contribution in [0.1, 0.15) is 25.5 Å². The average molecular weight is 263 g/mol. The third kappa shape index (κ3) is 4.93. The van der Waals surface area contributed by atoms with E-state index < -0.39 is 18.0 Å². The molecule has 0 saturated heterocycles. The molecular formula is C14H17NO4. The lowest BCUT2D eigenvalue weighted by molar-refractivity contribution is -0.644. The summed E-state index contributed by atoms with van der Waals surface area (Å²) < 4.78 is 4.76. The van der Waals surface area contributed by atoms with Gasteiger partial charge in [-0.2, -0.15) is 0 Å². The van der Waals surface area contributed by atoms with Crippen molar-refractivity contribution in [2.45, 2.75) is 19.9 Å². The first-order chi connectivity index (χ1) is 9.04. The lowest BCUT2D eigenvalue weighted by Gasteiger charge is -2.16. The van der Waals surface area contributed by atoms with Gasteiger partial charge in [0.1, 0.15) is 11.7 Å². The molecule has 1 rings (SSSR count). The van der Waals surface area contributed by atoms with Crippen LogP contribution in [0.15, 0.2) is 42.1 Å². The van der Waals surface area contributed by atoms with Crippen molar-refractivity contribution in [2.75, 3.05) is 6.61 Å². The number of quaternary nitrogens is 1. The molecular weight excluding hydrogens is 246 g/mol. The number of hydrogen-bond donors (Lipinski definition) is 1. The van der Waals surface area contributed by atoms with Gasteiger partial charge in [0.05, 0.1) is 12.7 Å². The van der Waals surface area contributed by atoms with E-state index in [0.29, 0.717) is 11.3 Å². The minimum atomic E-state index is -1.21. The van der Waals surface area contributed by atoms with E-state index in [4.69, 9.17) is 4.74 Å². The molecule has 0 amide bonds. The second-order valence-electron chi connectivity index (χ2n) is 4.01. The van der Waals surface area contributed by atoms with Crippen LogP contribution in [0.5, 0.6) is 0 Å². The Labute approximate surface area is 111 Å². The van der Waals surface area contributed by atoms with E-state index in [9.17, 15) is 14.7 Å². The summed E-state index contributed by atoms with van der Waals surface area (Å²) in [6.07, 6.45) is 1.27. The lowest BCUT2D eigenvalue weighted by atomic mass is 10.1. The van der Waals surface area contributed by atoms with Gasteiger partial charge in [0.25, 0.3) is 0 Å². The molecule has 0 heterocycles. The van der Waals surface area contributed by atoms with E-state index in [-0.39, 0.29) is 6.61 Å². The highest BCUT2D eigenvalue weighted by molar-refractivity contribution is 5.82. The van der Waals surface area contributed by atoms with E-state index in [0.717, 1.165) is 0 Å². The van der Waals surface area contributed by atoms with Crippen LogP contribution in [0.25, 0.3) is 0 Å². The number of ether oxygens (including phenoxy) is 1. The van der Waals surface area contributed by atoms with Gasteiger partial charge >= 0.3 is 5.97 Å². The van der Waals surface area contributed by atoms with Gasteiger partial charge in [-0.15, -0.1) is 0 Å². The molecule has 0 fully saturated rings. The number of aliphatic carboxylic acids is 1. The average Bonchev–Trinajstić information content (AvgIpc) is 2.37. The smallest absolute Gasteiger partial charge is 0.336 e. The van der Waals surface area contributed by atoms with Crippen LogP contribution in [0.4, 0.5) is 0 Å². The molecule has 5 nitrogen and oxygen atoms in total. The van der Waals surface area contributed by atoms with Gasteiger partial charge in [-0.3, -0.25) is 0 Å². The maximum absolute atomic E-state index is 11.3. The van der Waals surface area contributed by atoms with Crippen molar-refractivity contribution in [1.82, 2.24) is 0 Å². The predicted octanol–water partition coefficient (Wildman–Crippen LogP) is -0.492. The molecule has 0 unspecified atom stereocenters.